The Bertz CT molecular complexity index is 1180. The highest BCUT2D eigenvalue weighted by atomic mass is 35.5. The fraction of sp³-hybridized carbons (Fsp3) is 0.423. The molecular formula is C26H28ClF3N2O3. The molecule has 1 amide bonds. The third-order valence-electron chi connectivity index (χ3n) is 7.00. The summed E-state index contributed by atoms with van der Waals surface area (Å²) in [6, 6.07) is 10.4. The van der Waals surface area contributed by atoms with Crippen LogP contribution in [0.1, 0.15) is 54.1 Å². The molecule has 188 valence electrons. The minimum absolute atomic E-state index is 0.0277. The van der Waals surface area contributed by atoms with E-state index in [4.69, 9.17) is 11.6 Å². The molecule has 1 aliphatic rings. The second-order valence-electron chi connectivity index (χ2n) is 9.38. The number of fused-ring (bicyclic) bond motifs is 1. The number of aliphatic hydroxyl groups is 2. The monoisotopic (exact) mass is 508 g/mol. The van der Waals surface area contributed by atoms with Crippen LogP contribution >= 0.6 is 11.6 Å². The second-order valence-corrected chi connectivity index (χ2v) is 9.82. The lowest BCUT2D eigenvalue weighted by molar-refractivity contribution is -0.137. The smallest absolute Gasteiger partial charge is 0.368 e. The first-order chi connectivity index (χ1) is 16.5. The Kier molecular flexibility index (Phi) is 7.45. The first-order valence-corrected chi connectivity index (χ1v) is 12.0. The van der Waals surface area contributed by atoms with Gasteiger partial charge in [0.05, 0.1) is 16.6 Å². The average molecular weight is 509 g/mol. The van der Waals surface area contributed by atoms with E-state index in [9.17, 15) is 28.2 Å². The van der Waals surface area contributed by atoms with Crippen LogP contribution < -0.4 is 5.32 Å². The van der Waals surface area contributed by atoms with Crippen LogP contribution in [0.15, 0.2) is 48.7 Å². The molecule has 3 N–H and O–H groups in total. The van der Waals surface area contributed by atoms with E-state index in [2.05, 4.69) is 5.32 Å². The number of aliphatic hydroxyl groups excluding tert-OH is 1. The number of nitrogens with zero attached hydrogens (tertiary/aromatic N) is 1. The highest BCUT2D eigenvalue weighted by Gasteiger charge is 2.34. The van der Waals surface area contributed by atoms with E-state index in [1.54, 1.807) is 29.0 Å². The number of halogens is 4. The van der Waals surface area contributed by atoms with Crippen LogP contribution in [0, 0.1) is 11.8 Å². The molecule has 0 unspecified atom stereocenters. The lowest BCUT2D eigenvalue weighted by atomic mass is 9.78. The lowest BCUT2D eigenvalue weighted by Crippen LogP contribution is -2.40. The Balaban J connectivity index is 1.63. The van der Waals surface area contributed by atoms with Gasteiger partial charge in [0, 0.05) is 35.1 Å². The van der Waals surface area contributed by atoms with Gasteiger partial charge in [0.1, 0.15) is 0 Å². The van der Waals surface area contributed by atoms with Gasteiger partial charge in [-0.25, -0.2) is 0 Å². The van der Waals surface area contributed by atoms with Gasteiger partial charge >= 0.3 is 6.18 Å². The molecule has 0 bridgehead atoms. The van der Waals surface area contributed by atoms with Crippen molar-refractivity contribution in [3.05, 3.63) is 70.4 Å². The Morgan fingerprint density at radius 2 is 1.71 bits per heavy atom. The summed E-state index contributed by atoms with van der Waals surface area (Å²) in [5, 5.41) is 22.6. The SMILES string of the molecule is C[C@H](NC(=O)c1cc(C(F)(F)F)cc2ccn(Cc3ccc(Cl)cc3)c12)C1CCC(C(O)O)CC1. The van der Waals surface area contributed by atoms with E-state index < -0.39 is 23.9 Å². The summed E-state index contributed by atoms with van der Waals surface area (Å²) in [5.74, 6) is -0.640. The Labute approximate surface area is 206 Å². The maximum atomic E-state index is 13.6. The van der Waals surface area contributed by atoms with Gasteiger partial charge in [-0.2, -0.15) is 13.2 Å². The number of benzene rings is 2. The lowest BCUT2D eigenvalue weighted by Gasteiger charge is -2.33. The maximum Gasteiger partial charge on any atom is 0.416 e. The molecule has 0 saturated heterocycles. The molecule has 5 nitrogen and oxygen atoms in total. The van der Waals surface area contributed by atoms with E-state index in [0.717, 1.165) is 17.7 Å². The van der Waals surface area contributed by atoms with E-state index in [-0.39, 0.29) is 23.4 Å². The van der Waals surface area contributed by atoms with Crippen molar-refractivity contribution in [2.45, 2.75) is 57.7 Å². The largest absolute Gasteiger partial charge is 0.416 e. The molecule has 2 aromatic carbocycles. The molecule has 1 saturated carbocycles. The van der Waals surface area contributed by atoms with Crippen LogP contribution in [-0.2, 0) is 12.7 Å². The van der Waals surface area contributed by atoms with Crippen molar-refractivity contribution in [2.24, 2.45) is 11.8 Å². The first kappa shape index (κ1) is 25.5. The Morgan fingerprint density at radius 1 is 1.09 bits per heavy atom. The van der Waals surface area contributed by atoms with Gasteiger partial charge in [-0.3, -0.25) is 4.79 Å². The number of carbonyl (C=O) groups excluding carboxylic acids is 1. The molecular weight excluding hydrogens is 481 g/mol. The number of hydrogen-bond donors (Lipinski definition) is 3. The van der Waals surface area contributed by atoms with Crippen molar-refractivity contribution < 1.29 is 28.2 Å². The van der Waals surface area contributed by atoms with Crippen LogP contribution in [0.5, 0.6) is 0 Å². The third kappa shape index (κ3) is 5.82. The van der Waals surface area contributed by atoms with Gasteiger partial charge in [0.2, 0.25) is 0 Å². The molecule has 1 aromatic heterocycles. The van der Waals surface area contributed by atoms with Crippen LogP contribution in [0.25, 0.3) is 10.9 Å². The zero-order valence-electron chi connectivity index (χ0n) is 19.2. The average Bonchev–Trinajstić information content (AvgIpc) is 3.22. The molecule has 1 fully saturated rings. The van der Waals surface area contributed by atoms with Crippen molar-refractivity contribution in [1.82, 2.24) is 9.88 Å². The van der Waals surface area contributed by atoms with Gasteiger partial charge < -0.3 is 20.1 Å². The topological polar surface area (TPSA) is 74.5 Å². The number of rotatable bonds is 6. The molecule has 1 atom stereocenters. The van der Waals surface area contributed by atoms with E-state index >= 15 is 0 Å². The zero-order valence-corrected chi connectivity index (χ0v) is 20.0. The first-order valence-electron chi connectivity index (χ1n) is 11.6. The molecule has 35 heavy (non-hydrogen) atoms. The summed E-state index contributed by atoms with van der Waals surface area (Å²) in [4.78, 5) is 13.3. The molecule has 1 heterocycles. The van der Waals surface area contributed by atoms with Crippen molar-refractivity contribution in [1.29, 1.82) is 0 Å². The van der Waals surface area contributed by atoms with Gasteiger partial charge in [0.25, 0.3) is 5.91 Å². The standard InChI is InChI=1S/C26H28ClF3N2O3/c1-15(17-4-6-18(7-5-17)25(34)35)31-24(33)22-13-20(26(28,29)30)12-19-10-11-32(23(19)22)14-16-2-8-21(27)9-3-16/h2-3,8-13,15,17-18,25,34-35H,4-7,14H2,1H3,(H,31,33)/t15-,17?,18?/m0/s1. The normalized spacial score (nSPS) is 19.8. The molecule has 0 spiro atoms. The number of aromatic nitrogens is 1. The summed E-state index contributed by atoms with van der Waals surface area (Å²) in [6.45, 7) is 2.21. The van der Waals surface area contributed by atoms with Crippen LogP contribution in [-0.4, -0.2) is 33.0 Å². The van der Waals surface area contributed by atoms with Crippen LogP contribution in [0.2, 0.25) is 5.02 Å². The zero-order chi connectivity index (χ0) is 25.3. The molecule has 3 aromatic rings. The quantitative estimate of drug-likeness (QED) is 0.380. The number of nitrogens with one attached hydrogen (secondary N) is 1. The van der Waals surface area contributed by atoms with E-state index in [0.29, 0.717) is 48.2 Å². The number of alkyl halides is 3. The Hall–Kier alpha value is -2.55. The van der Waals surface area contributed by atoms with Crippen LogP contribution in [0.4, 0.5) is 13.2 Å². The fourth-order valence-corrected chi connectivity index (χ4v) is 5.08. The van der Waals surface area contributed by atoms with Gasteiger partial charge in [0.15, 0.2) is 6.29 Å². The minimum Gasteiger partial charge on any atom is -0.368 e. The van der Waals surface area contributed by atoms with Crippen molar-refractivity contribution >= 4 is 28.4 Å². The van der Waals surface area contributed by atoms with Crippen molar-refractivity contribution in [3.63, 3.8) is 0 Å². The summed E-state index contributed by atoms with van der Waals surface area (Å²) in [7, 11) is 0. The summed E-state index contributed by atoms with van der Waals surface area (Å²) < 4.78 is 42.6. The number of hydrogen-bond acceptors (Lipinski definition) is 3. The van der Waals surface area contributed by atoms with E-state index in [1.807, 2.05) is 19.1 Å². The number of amides is 1. The third-order valence-corrected chi connectivity index (χ3v) is 7.25. The molecule has 9 heteroatoms. The van der Waals surface area contributed by atoms with Gasteiger partial charge in [-0.1, -0.05) is 23.7 Å². The van der Waals surface area contributed by atoms with Crippen molar-refractivity contribution in [2.75, 3.05) is 0 Å². The highest BCUT2D eigenvalue weighted by molar-refractivity contribution is 6.30. The summed E-state index contributed by atoms with van der Waals surface area (Å²) in [6.07, 6.45) is -1.60. The molecule has 4 rings (SSSR count). The van der Waals surface area contributed by atoms with Crippen LogP contribution in [0.3, 0.4) is 0 Å². The number of carbonyl (C=O) groups is 1. The summed E-state index contributed by atoms with van der Waals surface area (Å²) >= 11 is 5.96. The predicted octanol–water partition coefficient (Wildman–Crippen LogP) is 5.60. The van der Waals surface area contributed by atoms with Crippen molar-refractivity contribution in [3.8, 4) is 0 Å². The van der Waals surface area contributed by atoms with Gasteiger partial charge in [-0.15, -0.1) is 0 Å². The predicted molar refractivity (Wildman–Crippen MR) is 128 cm³/mol. The maximum absolute atomic E-state index is 13.6. The van der Waals surface area contributed by atoms with Gasteiger partial charge in [-0.05, 0) is 74.4 Å². The highest BCUT2D eigenvalue weighted by Crippen LogP contribution is 2.35. The Morgan fingerprint density at radius 3 is 2.31 bits per heavy atom. The summed E-state index contributed by atoms with van der Waals surface area (Å²) in [5.41, 5.74) is 0.434. The molecule has 1 aliphatic carbocycles. The second kappa shape index (κ2) is 10.2. The fourth-order valence-electron chi connectivity index (χ4n) is 4.95. The molecule has 0 aliphatic heterocycles. The minimum atomic E-state index is -4.59. The van der Waals surface area contributed by atoms with E-state index in [1.165, 1.54) is 0 Å². The molecule has 0 radical (unpaired) electrons.